The molecule has 2 nitrogen and oxygen atoms in total. The average Bonchev–Trinajstić information content (AvgIpc) is 1.86. The van der Waals surface area contributed by atoms with Gasteiger partial charge in [0.15, 0.2) is 0 Å². The summed E-state index contributed by atoms with van der Waals surface area (Å²) in [7, 11) is 0. The fourth-order valence-corrected chi connectivity index (χ4v) is 0.745. The molecule has 0 heterocycles. The molecule has 0 aromatic carbocycles. The average molecular weight is 153 g/mol. The molecule has 0 rings (SSSR count). The summed E-state index contributed by atoms with van der Waals surface area (Å²) >= 11 is 0. The smallest absolute Gasteiger partial charge is 0.220 e. The number of carbonyl (C=O) groups is 1. The van der Waals surface area contributed by atoms with Crippen molar-refractivity contribution in [1.82, 2.24) is 5.32 Å². The van der Waals surface area contributed by atoms with E-state index in [1.807, 2.05) is 13.8 Å². The number of terminal acetylenes is 1. The fourth-order valence-electron chi connectivity index (χ4n) is 0.745. The first kappa shape index (κ1) is 10.0. The minimum Gasteiger partial charge on any atom is -0.354 e. The van der Waals surface area contributed by atoms with E-state index in [4.69, 9.17) is 6.42 Å². The third-order valence-electron chi connectivity index (χ3n) is 1.17. The highest BCUT2D eigenvalue weighted by atomic mass is 16.1. The van der Waals surface area contributed by atoms with Gasteiger partial charge in [-0.1, -0.05) is 0 Å². The summed E-state index contributed by atoms with van der Waals surface area (Å²) in [5, 5.41) is 2.79. The van der Waals surface area contributed by atoms with E-state index in [0.717, 1.165) is 6.42 Å². The standard InChI is InChI=1S/C9H15NO/c1-4-5-6-7-9(11)10-8(2)3/h1,8H,5-7H2,2-3H3,(H,10,11). The zero-order valence-electron chi connectivity index (χ0n) is 7.18. The molecular formula is C9H15NO. The zero-order valence-corrected chi connectivity index (χ0v) is 7.18. The lowest BCUT2D eigenvalue weighted by Gasteiger charge is -2.06. The van der Waals surface area contributed by atoms with Crippen molar-refractivity contribution in [1.29, 1.82) is 0 Å². The molecule has 0 saturated carbocycles. The van der Waals surface area contributed by atoms with Crippen LogP contribution in [0.5, 0.6) is 0 Å². The van der Waals surface area contributed by atoms with Gasteiger partial charge in [0.05, 0.1) is 0 Å². The quantitative estimate of drug-likeness (QED) is 0.479. The van der Waals surface area contributed by atoms with Gasteiger partial charge < -0.3 is 5.32 Å². The molecule has 0 saturated heterocycles. The number of unbranched alkanes of at least 4 members (excludes halogenated alkanes) is 1. The Morgan fingerprint density at radius 1 is 1.64 bits per heavy atom. The summed E-state index contributed by atoms with van der Waals surface area (Å²) in [6.45, 7) is 3.89. The van der Waals surface area contributed by atoms with Crippen LogP contribution < -0.4 is 5.32 Å². The molecule has 0 bridgehead atoms. The summed E-state index contributed by atoms with van der Waals surface area (Å²) in [5.74, 6) is 2.59. The Kier molecular flexibility index (Phi) is 5.28. The summed E-state index contributed by atoms with van der Waals surface area (Å²) in [6, 6.07) is 0.230. The van der Waals surface area contributed by atoms with Crippen molar-refractivity contribution in [3.8, 4) is 12.3 Å². The van der Waals surface area contributed by atoms with Crippen LogP contribution in [0.3, 0.4) is 0 Å². The normalized spacial score (nSPS) is 9.27. The lowest BCUT2D eigenvalue weighted by Crippen LogP contribution is -2.29. The van der Waals surface area contributed by atoms with Crippen LogP contribution in [0, 0.1) is 12.3 Å². The molecule has 0 aliphatic heterocycles. The predicted octanol–water partition coefficient (Wildman–Crippen LogP) is 1.31. The van der Waals surface area contributed by atoms with Crippen molar-refractivity contribution in [3.63, 3.8) is 0 Å². The van der Waals surface area contributed by atoms with Crippen LogP contribution in [0.2, 0.25) is 0 Å². The number of hydrogen-bond acceptors (Lipinski definition) is 1. The fraction of sp³-hybridized carbons (Fsp3) is 0.667. The molecule has 0 atom stereocenters. The second kappa shape index (κ2) is 5.79. The van der Waals surface area contributed by atoms with Gasteiger partial charge in [0, 0.05) is 18.9 Å². The van der Waals surface area contributed by atoms with Crippen molar-refractivity contribution in [2.24, 2.45) is 0 Å². The Morgan fingerprint density at radius 3 is 2.73 bits per heavy atom. The minimum atomic E-state index is 0.0928. The molecule has 1 N–H and O–H groups in total. The van der Waals surface area contributed by atoms with Gasteiger partial charge in [-0.3, -0.25) is 4.79 Å². The lowest BCUT2D eigenvalue weighted by molar-refractivity contribution is -0.121. The second-order valence-corrected chi connectivity index (χ2v) is 2.78. The number of hydrogen-bond donors (Lipinski definition) is 1. The highest BCUT2D eigenvalue weighted by Crippen LogP contribution is 1.93. The first-order valence-electron chi connectivity index (χ1n) is 3.89. The highest BCUT2D eigenvalue weighted by molar-refractivity contribution is 5.76. The van der Waals surface area contributed by atoms with Gasteiger partial charge in [0.2, 0.25) is 5.91 Å². The van der Waals surface area contributed by atoms with E-state index in [0.29, 0.717) is 12.8 Å². The number of nitrogens with one attached hydrogen (secondary N) is 1. The molecule has 0 aromatic heterocycles. The maximum Gasteiger partial charge on any atom is 0.220 e. The Balaban J connectivity index is 3.32. The maximum absolute atomic E-state index is 10.9. The Hall–Kier alpha value is -0.970. The Morgan fingerprint density at radius 2 is 2.27 bits per heavy atom. The van der Waals surface area contributed by atoms with E-state index in [2.05, 4.69) is 11.2 Å². The van der Waals surface area contributed by atoms with Crippen molar-refractivity contribution in [2.75, 3.05) is 0 Å². The summed E-state index contributed by atoms with van der Waals surface area (Å²) in [5.41, 5.74) is 0. The zero-order chi connectivity index (χ0) is 8.69. The van der Waals surface area contributed by atoms with Crippen LogP contribution in [0.4, 0.5) is 0 Å². The van der Waals surface area contributed by atoms with E-state index in [9.17, 15) is 4.79 Å². The molecule has 1 amide bonds. The van der Waals surface area contributed by atoms with Gasteiger partial charge in [-0.05, 0) is 20.3 Å². The molecule has 0 spiro atoms. The van der Waals surface area contributed by atoms with Gasteiger partial charge in [-0.15, -0.1) is 12.3 Å². The van der Waals surface area contributed by atoms with E-state index in [-0.39, 0.29) is 11.9 Å². The molecule has 62 valence electrons. The topological polar surface area (TPSA) is 29.1 Å². The monoisotopic (exact) mass is 153 g/mol. The molecule has 0 radical (unpaired) electrons. The highest BCUT2D eigenvalue weighted by Gasteiger charge is 2.00. The van der Waals surface area contributed by atoms with Crippen molar-refractivity contribution in [3.05, 3.63) is 0 Å². The van der Waals surface area contributed by atoms with Gasteiger partial charge in [-0.2, -0.15) is 0 Å². The van der Waals surface area contributed by atoms with Crippen LogP contribution in [0.15, 0.2) is 0 Å². The Bertz CT molecular complexity index is 155. The predicted molar refractivity (Wildman–Crippen MR) is 46.0 cm³/mol. The number of carbonyl (C=O) groups excluding carboxylic acids is 1. The largest absolute Gasteiger partial charge is 0.354 e. The first-order valence-corrected chi connectivity index (χ1v) is 3.89. The molecule has 0 aromatic rings. The van der Waals surface area contributed by atoms with Crippen LogP contribution in [0.1, 0.15) is 33.1 Å². The molecule has 0 fully saturated rings. The van der Waals surface area contributed by atoms with Crippen molar-refractivity contribution >= 4 is 5.91 Å². The first-order chi connectivity index (χ1) is 5.16. The van der Waals surface area contributed by atoms with Crippen LogP contribution in [-0.2, 0) is 4.79 Å². The van der Waals surface area contributed by atoms with Gasteiger partial charge >= 0.3 is 0 Å². The van der Waals surface area contributed by atoms with E-state index in [1.165, 1.54) is 0 Å². The van der Waals surface area contributed by atoms with Crippen molar-refractivity contribution in [2.45, 2.75) is 39.2 Å². The van der Waals surface area contributed by atoms with Gasteiger partial charge in [0.1, 0.15) is 0 Å². The van der Waals surface area contributed by atoms with Gasteiger partial charge in [0.25, 0.3) is 0 Å². The molecule has 0 aliphatic rings. The second-order valence-electron chi connectivity index (χ2n) is 2.78. The Labute approximate surface area is 68.4 Å². The van der Waals surface area contributed by atoms with Crippen LogP contribution in [0.25, 0.3) is 0 Å². The maximum atomic E-state index is 10.9. The SMILES string of the molecule is C#CCCCC(=O)NC(C)C. The third kappa shape index (κ3) is 6.92. The molecule has 0 unspecified atom stereocenters. The molecule has 2 heteroatoms. The minimum absolute atomic E-state index is 0.0928. The molecule has 11 heavy (non-hydrogen) atoms. The summed E-state index contributed by atoms with van der Waals surface area (Å²) in [4.78, 5) is 10.9. The lowest BCUT2D eigenvalue weighted by atomic mass is 10.2. The number of amides is 1. The van der Waals surface area contributed by atoms with E-state index in [1.54, 1.807) is 0 Å². The third-order valence-corrected chi connectivity index (χ3v) is 1.17. The summed E-state index contributed by atoms with van der Waals surface area (Å²) < 4.78 is 0. The summed E-state index contributed by atoms with van der Waals surface area (Å²) in [6.07, 6.45) is 7.05. The van der Waals surface area contributed by atoms with Gasteiger partial charge in [-0.25, -0.2) is 0 Å². The van der Waals surface area contributed by atoms with E-state index >= 15 is 0 Å². The van der Waals surface area contributed by atoms with Crippen LogP contribution >= 0.6 is 0 Å². The van der Waals surface area contributed by atoms with E-state index < -0.39 is 0 Å². The van der Waals surface area contributed by atoms with Crippen LogP contribution in [-0.4, -0.2) is 11.9 Å². The molecule has 0 aliphatic carbocycles. The molecular weight excluding hydrogens is 138 g/mol. The number of rotatable bonds is 4. The van der Waals surface area contributed by atoms with Crippen molar-refractivity contribution < 1.29 is 4.79 Å².